The molecule has 0 bridgehead atoms. The maximum absolute atomic E-state index is 13.0. The van der Waals surface area contributed by atoms with E-state index < -0.39 is 33.0 Å². The van der Waals surface area contributed by atoms with E-state index in [0.29, 0.717) is 36.6 Å². The van der Waals surface area contributed by atoms with Crippen LogP contribution in [0.2, 0.25) is 0 Å². The summed E-state index contributed by atoms with van der Waals surface area (Å²) >= 11 is 0. The van der Waals surface area contributed by atoms with Crippen molar-refractivity contribution in [1.82, 2.24) is 19.8 Å². The molecule has 3 N–H and O–H groups in total. The van der Waals surface area contributed by atoms with E-state index in [4.69, 9.17) is 4.74 Å². The molecule has 3 amide bonds. The van der Waals surface area contributed by atoms with E-state index in [1.807, 2.05) is 4.90 Å². The Kier molecular flexibility index (Phi) is 9.00. The zero-order valence-electron chi connectivity index (χ0n) is 22.5. The van der Waals surface area contributed by atoms with Gasteiger partial charge in [-0.2, -0.15) is 4.31 Å². The van der Waals surface area contributed by atoms with Gasteiger partial charge in [-0.15, -0.1) is 0 Å². The van der Waals surface area contributed by atoms with Crippen molar-refractivity contribution >= 4 is 39.3 Å². The number of benzene rings is 2. The molecule has 2 heterocycles. The predicted octanol–water partition coefficient (Wildman–Crippen LogP) is 1.73. The number of sulfonamides is 1. The molecule has 2 aliphatic heterocycles. The molecule has 0 spiro atoms. The fourth-order valence-electron chi connectivity index (χ4n) is 4.60. The molecule has 1 atom stereocenters. The summed E-state index contributed by atoms with van der Waals surface area (Å²) in [5.41, 5.74) is 1.36. The molecule has 1 unspecified atom stereocenters. The second kappa shape index (κ2) is 12.4. The Morgan fingerprint density at radius 1 is 1.07 bits per heavy atom. The molecular weight excluding hydrogens is 556 g/mol. The van der Waals surface area contributed by atoms with Gasteiger partial charge in [-0.05, 0) is 48.9 Å². The van der Waals surface area contributed by atoms with E-state index in [1.165, 1.54) is 59.8 Å². The van der Waals surface area contributed by atoms with Crippen LogP contribution in [-0.4, -0.2) is 79.8 Å². The molecule has 0 saturated carbocycles. The summed E-state index contributed by atoms with van der Waals surface area (Å²) in [4.78, 5) is 48.8. The highest BCUT2D eigenvalue weighted by Gasteiger charge is 2.33. The van der Waals surface area contributed by atoms with Crippen LogP contribution in [0, 0.1) is 10.1 Å². The number of rotatable bonds is 9. The fraction of sp³-hybridized carbons (Fsp3) is 0.346. The summed E-state index contributed by atoms with van der Waals surface area (Å²) in [7, 11) is -3.71. The van der Waals surface area contributed by atoms with E-state index in [1.54, 1.807) is 6.92 Å². The van der Waals surface area contributed by atoms with Crippen LogP contribution in [-0.2, 0) is 24.3 Å². The van der Waals surface area contributed by atoms with Crippen LogP contribution < -0.4 is 16.0 Å². The number of nitro groups is 1. The molecule has 218 valence electrons. The number of urea groups is 1. The summed E-state index contributed by atoms with van der Waals surface area (Å²) in [6, 6.07) is 10.2. The average Bonchev–Trinajstić information content (AvgIpc) is 2.93. The number of piperazine rings is 1. The number of non-ortho nitro benzene ring substituents is 1. The van der Waals surface area contributed by atoms with Gasteiger partial charge in [0.05, 0.1) is 21.4 Å². The minimum absolute atomic E-state index is 0.0356. The summed E-state index contributed by atoms with van der Waals surface area (Å²) in [6.07, 6.45) is 0. The van der Waals surface area contributed by atoms with E-state index in [9.17, 15) is 32.9 Å². The number of nitrogens with zero attached hydrogens (tertiary/aromatic N) is 3. The highest BCUT2D eigenvalue weighted by molar-refractivity contribution is 7.89. The van der Waals surface area contributed by atoms with Crippen molar-refractivity contribution in [2.45, 2.75) is 24.8 Å². The highest BCUT2D eigenvalue weighted by Crippen LogP contribution is 2.29. The Morgan fingerprint density at radius 3 is 2.29 bits per heavy atom. The minimum Gasteiger partial charge on any atom is -0.461 e. The molecule has 15 heteroatoms. The van der Waals surface area contributed by atoms with Gasteiger partial charge in [-0.3, -0.25) is 19.8 Å². The monoisotopic (exact) mass is 586 g/mol. The lowest BCUT2D eigenvalue weighted by atomic mass is 9.95. The van der Waals surface area contributed by atoms with Crippen LogP contribution in [0.4, 0.5) is 16.2 Å². The maximum Gasteiger partial charge on any atom is 0.338 e. The molecule has 41 heavy (non-hydrogen) atoms. The van der Waals surface area contributed by atoms with Crippen molar-refractivity contribution in [1.29, 1.82) is 0 Å². The first-order valence-electron chi connectivity index (χ1n) is 12.8. The summed E-state index contributed by atoms with van der Waals surface area (Å²) in [5, 5.41) is 18.8. The van der Waals surface area contributed by atoms with Gasteiger partial charge in [0.1, 0.15) is 6.61 Å². The first-order chi connectivity index (χ1) is 19.5. The number of ether oxygens (including phenoxy) is 1. The molecule has 1 saturated heterocycles. The van der Waals surface area contributed by atoms with Crippen LogP contribution in [0.3, 0.4) is 0 Å². The van der Waals surface area contributed by atoms with Gasteiger partial charge < -0.3 is 20.7 Å². The molecule has 0 radical (unpaired) electrons. The Bertz CT molecular complexity index is 1470. The van der Waals surface area contributed by atoms with Gasteiger partial charge in [-0.25, -0.2) is 18.0 Å². The second-order valence-electron chi connectivity index (χ2n) is 9.51. The molecule has 0 aliphatic carbocycles. The number of allylic oxidation sites excluding steroid dienone is 1. The van der Waals surface area contributed by atoms with Crippen LogP contribution in [0.25, 0.3) is 0 Å². The van der Waals surface area contributed by atoms with E-state index in [-0.39, 0.29) is 41.8 Å². The van der Waals surface area contributed by atoms with Crippen molar-refractivity contribution in [3.8, 4) is 0 Å². The zero-order valence-corrected chi connectivity index (χ0v) is 23.3. The smallest absolute Gasteiger partial charge is 0.338 e. The van der Waals surface area contributed by atoms with Gasteiger partial charge in [0.25, 0.3) is 5.69 Å². The number of carbonyl (C=O) groups excluding carboxylic acids is 3. The first kappa shape index (κ1) is 29.6. The van der Waals surface area contributed by atoms with Crippen LogP contribution in [0.15, 0.2) is 64.7 Å². The molecule has 2 aromatic rings. The maximum atomic E-state index is 13.0. The zero-order chi connectivity index (χ0) is 29.7. The lowest BCUT2D eigenvalue weighted by Crippen LogP contribution is -2.49. The number of nitrogens with one attached hydrogen (secondary N) is 3. The van der Waals surface area contributed by atoms with Gasteiger partial charge in [0.2, 0.25) is 15.9 Å². The molecule has 2 aliphatic rings. The predicted molar refractivity (Wildman–Crippen MR) is 147 cm³/mol. The van der Waals surface area contributed by atoms with Crippen LogP contribution >= 0.6 is 0 Å². The second-order valence-corrected chi connectivity index (χ2v) is 11.4. The third-order valence-corrected chi connectivity index (χ3v) is 8.62. The summed E-state index contributed by atoms with van der Waals surface area (Å²) in [5.74, 6) is -0.900. The topological polar surface area (TPSA) is 180 Å². The van der Waals surface area contributed by atoms with Crippen molar-refractivity contribution in [2.24, 2.45) is 0 Å². The molecule has 1 fully saturated rings. The number of anilines is 1. The lowest BCUT2D eigenvalue weighted by Gasteiger charge is -2.34. The van der Waals surface area contributed by atoms with Gasteiger partial charge in [0, 0.05) is 63.2 Å². The Hall–Kier alpha value is -4.34. The molecule has 0 aromatic heterocycles. The Morgan fingerprint density at radius 2 is 1.71 bits per heavy atom. The third-order valence-electron chi connectivity index (χ3n) is 6.71. The van der Waals surface area contributed by atoms with Crippen molar-refractivity contribution in [3.63, 3.8) is 0 Å². The summed E-state index contributed by atoms with van der Waals surface area (Å²) in [6.45, 7) is 4.73. The normalized spacial score (nSPS) is 18.3. The molecule has 14 nitrogen and oxygen atoms in total. The van der Waals surface area contributed by atoms with Crippen LogP contribution in [0.1, 0.15) is 25.5 Å². The van der Waals surface area contributed by atoms with E-state index >= 15 is 0 Å². The summed E-state index contributed by atoms with van der Waals surface area (Å²) < 4.78 is 33.0. The Balaban J connectivity index is 1.31. The Labute approximate surface area is 236 Å². The van der Waals surface area contributed by atoms with E-state index in [0.717, 1.165) is 0 Å². The van der Waals surface area contributed by atoms with Gasteiger partial charge in [0.15, 0.2) is 0 Å². The lowest BCUT2D eigenvalue weighted by molar-refractivity contribution is -0.384. The standard InChI is InChI=1S/C26H30N6O8S/c1-17-23(24(29-26(35)27-17)19-3-7-21(8-4-19)32(36)37)25(34)40-16-15-30-11-13-31(14-12-30)41(38,39)22-9-5-20(6-10-22)28-18(2)33/h3-10,24H,11-16H2,1-2H3,(H,28,33)(H2,27,29,35). The number of nitro benzene ring substituents is 1. The van der Waals surface area contributed by atoms with Crippen molar-refractivity contribution in [2.75, 3.05) is 44.6 Å². The number of amides is 3. The molecule has 2 aromatic carbocycles. The van der Waals surface area contributed by atoms with Crippen LogP contribution in [0.5, 0.6) is 0 Å². The van der Waals surface area contributed by atoms with Crippen molar-refractivity contribution in [3.05, 3.63) is 75.5 Å². The average molecular weight is 587 g/mol. The minimum atomic E-state index is -3.71. The number of esters is 1. The third kappa shape index (κ3) is 7.06. The van der Waals surface area contributed by atoms with E-state index in [2.05, 4.69) is 16.0 Å². The van der Waals surface area contributed by atoms with Crippen molar-refractivity contribution < 1.29 is 32.5 Å². The largest absolute Gasteiger partial charge is 0.461 e. The SMILES string of the molecule is CC(=O)Nc1ccc(S(=O)(=O)N2CCN(CCOC(=O)C3=C(C)NC(=O)NC3c3ccc([N+](=O)[O-])cc3)CC2)cc1. The van der Waals surface area contributed by atoms with Gasteiger partial charge >= 0.3 is 12.0 Å². The molecule has 4 rings (SSSR count). The first-order valence-corrected chi connectivity index (χ1v) is 14.2. The van der Waals surface area contributed by atoms with Gasteiger partial charge in [-0.1, -0.05) is 0 Å². The fourth-order valence-corrected chi connectivity index (χ4v) is 6.03. The number of hydrogen-bond donors (Lipinski definition) is 3. The molecular formula is C26H30N6O8S. The number of carbonyl (C=O) groups is 3. The number of hydrogen-bond acceptors (Lipinski definition) is 9. The highest BCUT2D eigenvalue weighted by atomic mass is 32.2. The quantitative estimate of drug-likeness (QED) is 0.224.